The van der Waals surface area contributed by atoms with Gasteiger partial charge in [0.2, 0.25) is 0 Å². The number of allylic oxidation sites excluding steroid dienone is 1. The van der Waals surface area contributed by atoms with Crippen molar-refractivity contribution in [2.75, 3.05) is 6.61 Å². The molecule has 0 aliphatic heterocycles. The number of hydrogen-bond acceptors (Lipinski definition) is 4. The molecule has 5 heteroatoms. The van der Waals surface area contributed by atoms with Crippen molar-refractivity contribution >= 4 is 15.9 Å². The third-order valence-corrected chi connectivity index (χ3v) is 11.8. The summed E-state index contributed by atoms with van der Waals surface area (Å²) in [7, 11) is -3.73. The lowest BCUT2D eigenvalue weighted by Crippen LogP contribution is -2.51. The Kier molecular flexibility index (Phi) is 6.12. The molecule has 4 nitrogen and oxygen atoms in total. The quantitative estimate of drug-likeness (QED) is 0.449. The zero-order chi connectivity index (χ0) is 24.3. The van der Waals surface area contributed by atoms with Gasteiger partial charge in [-0.05, 0) is 110 Å². The first-order valence-corrected chi connectivity index (χ1v) is 14.7. The van der Waals surface area contributed by atoms with Gasteiger partial charge < -0.3 is 0 Å². The summed E-state index contributed by atoms with van der Waals surface area (Å²) < 4.78 is 31.1. The Morgan fingerprint density at radius 2 is 1.74 bits per heavy atom. The Morgan fingerprint density at radius 1 is 1.00 bits per heavy atom. The molecule has 1 aromatic rings. The van der Waals surface area contributed by atoms with Gasteiger partial charge in [-0.3, -0.25) is 8.98 Å². The van der Waals surface area contributed by atoms with E-state index in [4.69, 9.17) is 4.18 Å². The fourth-order valence-electron chi connectivity index (χ4n) is 8.62. The lowest BCUT2D eigenvalue weighted by molar-refractivity contribution is -0.117. The van der Waals surface area contributed by atoms with Crippen molar-refractivity contribution in [2.24, 2.45) is 40.4 Å². The molecule has 3 saturated carbocycles. The van der Waals surface area contributed by atoms with E-state index in [9.17, 15) is 13.2 Å². The Bertz CT molecular complexity index is 1090. The molecule has 4 aliphatic rings. The normalized spacial score (nSPS) is 38.5. The molecule has 0 spiro atoms. The first-order valence-electron chi connectivity index (χ1n) is 13.2. The average Bonchev–Trinajstić information content (AvgIpc) is 3.15. The Balaban J connectivity index is 1.29. The van der Waals surface area contributed by atoms with E-state index in [1.807, 2.05) is 25.1 Å². The van der Waals surface area contributed by atoms with Crippen molar-refractivity contribution in [1.29, 1.82) is 0 Å². The number of carbonyl (C=O) groups is 1. The van der Waals surface area contributed by atoms with Gasteiger partial charge in [0.25, 0.3) is 10.1 Å². The van der Waals surface area contributed by atoms with Gasteiger partial charge in [-0.1, -0.05) is 44.0 Å². The average molecular weight is 485 g/mol. The third kappa shape index (κ3) is 3.91. The van der Waals surface area contributed by atoms with Gasteiger partial charge in [0.15, 0.2) is 5.78 Å². The molecule has 0 aromatic heterocycles. The van der Waals surface area contributed by atoms with Crippen LogP contribution in [0.4, 0.5) is 0 Å². The molecule has 5 rings (SSSR count). The minimum absolute atomic E-state index is 0.201. The number of ketones is 1. The fraction of sp³-hybridized carbons (Fsp3) is 0.690. The SMILES string of the molecule is Cc1ccc(S(=O)(=O)OCC(C)[C@H]2CC[C@H]3[C@@H]4CCC5=CC(=O)CC[C@]5(C)[C@H]4CC[C@]23C)cc1. The summed E-state index contributed by atoms with van der Waals surface area (Å²) in [4.78, 5) is 12.3. The van der Waals surface area contributed by atoms with Gasteiger partial charge in [0, 0.05) is 6.42 Å². The van der Waals surface area contributed by atoms with Gasteiger partial charge in [0.05, 0.1) is 11.5 Å². The summed E-state index contributed by atoms with van der Waals surface area (Å²) in [6.45, 7) is 9.30. The van der Waals surface area contributed by atoms with E-state index in [1.165, 1.54) is 31.3 Å². The van der Waals surface area contributed by atoms with Crippen LogP contribution in [0.25, 0.3) is 0 Å². The van der Waals surface area contributed by atoms with Crippen molar-refractivity contribution in [3.63, 3.8) is 0 Å². The molecule has 3 fully saturated rings. The van der Waals surface area contributed by atoms with Crippen LogP contribution in [0.15, 0.2) is 40.8 Å². The minimum atomic E-state index is -3.73. The summed E-state index contributed by atoms with van der Waals surface area (Å²) in [6, 6.07) is 6.89. The van der Waals surface area contributed by atoms with E-state index < -0.39 is 10.1 Å². The second kappa shape index (κ2) is 8.58. The molecule has 0 N–H and O–H groups in total. The van der Waals surface area contributed by atoms with Gasteiger partial charge >= 0.3 is 0 Å². The van der Waals surface area contributed by atoms with Crippen molar-refractivity contribution in [3.05, 3.63) is 41.5 Å². The third-order valence-electron chi connectivity index (χ3n) is 10.5. The van der Waals surface area contributed by atoms with E-state index in [2.05, 4.69) is 20.8 Å². The molecule has 34 heavy (non-hydrogen) atoms. The van der Waals surface area contributed by atoms with Gasteiger partial charge in [0.1, 0.15) is 0 Å². The maximum atomic E-state index is 12.8. The van der Waals surface area contributed by atoms with Gasteiger partial charge in [-0.25, -0.2) is 0 Å². The molecule has 0 radical (unpaired) electrons. The summed E-state index contributed by atoms with van der Waals surface area (Å²) in [5.41, 5.74) is 2.91. The maximum absolute atomic E-state index is 12.8. The van der Waals surface area contributed by atoms with Crippen molar-refractivity contribution in [3.8, 4) is 0 Å². The molecule has 0 bridgehead atoms. The predicted molar refractivity (Wildman–Crippen MR) is 134 cm³/mol. The Morgan fingerprint density at radius 3 is 2.47 bits per heavy atom. The van der Waals surface area contributed by atoms with Gasteiger partial charge in [-0.15, -0.1) is 0 Å². The molecule has 186 valence electrons. The van der Waals surface area contributed by atoms with Crippen LogP contribution in [0.2, 0.25) is 0 Å². The maximum Gasteiger partial charge on any atom is 0.296 e. The molecule has 4 aliphatic carbocycles. The number of hydrogen-bond donors (Lipinski definition) is 0. The smallest absolute Gasteiger partial charge is 0.295 e. The monoisotopic (exact) mass is 484 g/mol. The van der Waals surface area contributed by atoms with Crippen LogP contribution in [0.1, 0.15) is 77.7 Å². The molecule has 7 atom stereocenters. The second-order valence-electron chi connectivity index (χ2n) is 12.2. The van der Waals surface area contributed by atoms with Crippen LogP contribution in [-0.4, -0.2) is 20.8 Å². The zero-order valence-electron chi connectivity index (χ0n) is 21.2. The standard InChI is InChI=1S/C29H40O4S/c1-19-5-8-23(9-6-19)34(31,32)33-18-20(2)25-11-12-26-24-10-7-21-17-22(30)13-15-28(21,3)27(24)14-16-29(25,26)4/h5-6,8-9,17,20,24-27H,7,10-16,18H2,1-4H3/t20?,24-,25+,26-,27-,28-,29+/m0/s1. The van der Waals surface area contributed by atoms with E-state index in [0.29, 0.717) is 30.0 Å². The highest BCUT2D eigenvalue weighted by Gasteiger charge is 2.59. The highest BCUT2D eigenvalue weighted by molar-refractivity contribution is 7.86. The number of aryl methyl sites for hydroxylation is 1. The largest absolute Gasteiger partial charge is 0.296 e. The van der Waals surface area contributed by atoms with Gasteiger partial charge in [-0.2, -0.15) is 8.42 Å². The molecule has 1 aromatic carbocycles. The molecule has 0 amide bonds. The number of rotatable bonds is 5. The van der Waals surface area contributed by atoms with Crippen LogP contribution < -0.4 is 0 Å². The summed E-state index contributed by atoms with van der Waals surface area (Å²) in [5.74, 6) is 3.12. The van der Waals surface area contributed by atoms with Crippen LogP contribution in [0, 0.1) is 47.3 Å². The van der Waals surface area contributed by atoms with Crippen LogP contribution in [0.3, 0.4) is 0 Å². The summed E-state index contributed by atoms with van der Waals surface area (Å²) in [6.07, 6.45) is 10.8. The fourth-order valence-corrected chi connectivity index (χ4v) is 9.62. The summed E-state index contributed by atoms with van der Waals surface area (Å²) in [5, 5.41) is 0. The van der Waals surface area contributed by atoms with Crippen LogP contribution >= 0.6 is 0 Å². The van der Waals surface area contributed by atoms with E-state index in [1.54, 1.807) is 12.1 Å². The molecular weight excluding hydrogens is 444 g/mol. The minimum Gasteiger partial charge on any atom is -0.295 e. The number of benzene rings is 1. The molecular formula is C29H40O4S. The lowest BCUT2D eigenvalue weighted by atomic mass is 9.46. The highest BCUT2D eigenvalue weighted by Crippen LogP contribution is 2.67. The van der Waals surface area contributed by atoms with E-state index in [-0.39, 0.29) is 28.3 Å². The van der Waals surface area contributed by atoms with E-state index >= 15 is 0 Å². The Labute approximate surface area is 205 Å². The Hall–Kier alpha value is -1.46. The lowest BCUT2D eigenvalue weighted by Gasteiger charge is -2.58. The molecule has 0 heterocycles. The number of fused-ring (bicyclic) bond motifs is 5. The van der Waals surface area contributed by atoms with Crippen LogP contribution in [-0.2, 0) is 19.1 Å². The van der Waals surface area contributed by atoms with Crippen molar-refractivity contribution in [1.82, 2.24) is 0 Å². The second-order valence-corrected chi connectivity index (χ2v) is 13.8. The van der Waals surface area contributed by atoms with Crippen LogP contribution in [0.5, 0.6) is 0 Å². The summed E-state index contributed by atoms with van der Waals surface area (Å²) >= 11 is 0. The van der Waals surface area contributed by atoms with Crippen molar-refractivity contribution in [2.45, 2.75) is 84.0 Å². The first-order chi connectivity index (χ1) is 16.0. The highest BCUT2D eigenvalue weighted by atomic mass is 32.2. The predicted octanol–water partition coefficient (Wildman–Crippen LogP) is 6.48. The molecule has 0 saturated heterocycles. The number of carbonyl (C=O) groups excluding carboxylic acids is 1. The van der Waals surface area contributed by atoms with E-state index in [0.717, 1.165) is 30.7 Å². The van der Waals surface area contributed by atoms with Crippen molar-refractivity contribution < 1.29 is 17.4 Å². The zero-order valence-corrected chi connectivity index (χ0v) is 22.0. The topological polar surface area (TPSA) is 60.4 Å². The first kappa shape index (κ1) is 24.2. The molecule has 1 unspecified atom stereocenters.